The van der Waals surface area contributed by atoms with Crippen molar-refractivity contribution in [1.29, 1.82) is 0 Å². The van der Waals surface area contributed by atoms with Crippen molar-refractivity contribution in [1.82, 2.24) is 15.2 Å². The van der Waals surface area contributed by atoms with Crippen LogP contribution in [0, 0.1) is 11.7 Å². The van der Waals surface area contributed by atoms with Crippen molar-refractivity contribution in [2.24, 2.45) is 5.92 Å². The van der Waals surface area contributed by atoms with E-state index in [1.165, 1.54) is 18.3 Å². The summed E-state index contributed by atoms with van der Waals surface area (Å²) in [6.45, 7) is 3.70. The number of likely N-dealkylation sites (tertiary alicyclic amines) is 1. The fraction of sp³-hybridized carbons (Fsp3) is 0.350. The maximum absolute atomic E-state index is 13.0. The molecule has 0 unspecified atom stereocenters. The topological polar surface area (TPSA) is 62.3 Å². The second kappa shape index (κ2) is 8.08. The highest BCUT2D eigenvalue weighted by Crippen LogP contribution is 2.18. The molecule has 1 fully saturated rings. The van der Waals surface area contributed by atoms with Crippen molar-refractivity contribution in [2.75, 3.05) is 19.6 Å². The van der Waals surface area contributed by atoms with E-state index in [1.807, 2.05) is 4.90 Å². The molecule has 26 heavy (non-hydrogen) atoms. The number of amides is 2. The van der Waals surface area contributed by atoms with E-state index in [-0.39, 0.29) is 17.6 Å². The molecule has 1 aliphatic heterocycles. The minimum Gasteiger partial charge on any atom is -0.352 e. The smallest absolute Gasteiger partial charge is 0.252 e. The van der Waals surface area contributed by atoms with Gasteiger partial charge in [-0.05, 0) is 55.2 Å². The first kappa shape index (κ1) is 18.0. The molecule has 1 aromatic carbocycles. The van der Waals surface area contributed by atoms with Crippen molar-refractivity contribution in [3.63, 3.8) is 0 Å². The quantitative estimate of drug-likeness (QED) is 0.917. The van der Waals surface area contributed by atoms with Crippen molar-refractivity contribution in [3.8, 4) is 11.3 Å². The third-order valence-corrected chi connectivity index (χ3v) is 4.78. The van der Waals surface area contributed by atoms with Gasteiger partial charge >= 0.3 is 0 Å². The average molecular weight is 355 g/mol. The Balaban J connectivity index is 1.52. The largest absolute Gasteiger partial charge is 0.352 e. The lowest BCUT2D eigenvalue weighted by molar-refractivity contribution is -0.130. The number of carbonyl (C=O) groups excluding carboxylic acids is 2. The van der Waals surface area contributed by atoms with Crippen molar-refractivity contribution in [2.45, 2.75) is 19.8 Å². The molecule has 1 saturated heterocycles. The van der Waals surface area contributed by atoms with Crippen LogP contribution in [-0.2, 0) is 4.79 Å². The van der Waals surface area contributed by atoms with Crippen LogP contribution in [0.5, 0.6) is 0 Å². The third-order valence-electron chi connectivity index (χ3n) is 4.78. The van der Waals surface area contributed by atoms with Crippen LogP contribution >= 0.6 is 0 Å². The molecule has 0 bridgehead atoms. The molecule has 1 aromatic heterocycles. The lowest BCUT2D eigenvalue weighted by Gasteiger charge is -2.31. The number of rotatable bonds is 4. The standard InChI is InChI=1S/C20H22FN3O2/c1-14(25)24-10-8-15(9-11-24)12-23-20(26)17-4-7-19(22-13-17)16-2-5-18(21)6-3-16/h2-7,13,15H,8-12H2,1H3,(H,23,26). The van der Waals surface area contributed by atoms with Gasteiger partial charge in [0.05, 0.1) is 11.3 Å². The molecule has 2 heterocycles. The number of pyridine rings is 1. The van der Waals surface area contributed by atoms with Gasteiger partial charge in [-0.15, -0.1) is 0 Å². The maximum Gasteiger partial charge on any atom is 0.252 e. The van der Waals surface area contributed by atoms with E-state index >= 15 is 0 Å². The number of carbonyl (C=O) groups is 2. The zero-order valence-electron chi connectivity index (χ0n) is 14.7. The Morgan fingerprint density at radius 1 is 1.15 bits per heavy atom. The molecule has 0 saturated carbocycles. The Labute approximate surface area is 152 Å². The van der Waals surface area contributed by atoms with Gasteiger partial charge in [0.2, 0.25) is 5.91 Å². The van der Waals surface area contributed by atoms with Crippen LogP contribution < -0.4 is 5.32 Å². The molecule has 6 heteroatoms. The van der Waals surface area contributed by atoms with Crippen LogP contribution in [0.1, 0.15) is 30.1 Å². The monoisotopic (exact) mass is 355 g/mol. The first-order chi connectivity index (χ1) is 12.5. The second-order valence-corrected chi connectivity index (χ2v) is 6.60. The van der Waals surface area contributed by atoms with Crippen LogP contribution in [0.4, 0.5) is 4.39 Å². The summed E-state index contributed by atoms with van der Waals surface area (Å²) >= 11 is 0. The number of halogens is 1. The molecule has 5 nitrogen and oxygen atoms in total. The van der Waals surface area contributed by atoms with Gasteiger partial charge in [-0.3, -0.25) is 14.6 Å². The molecule has 136 valence electrons. The van der Waals surface area contributed by atoms with E-state index in [4.69, 9.17) is 0 Å². The molecule has 0 radical (unpaired) electrons. The van der Waals surface area contributed by atoms with Gasteiger partial charge in [0.15, 0.2) is 0 Å². The van der Waals surface area contributed by atoms with Gasteiger partial charge in [0.25, 0.3) is 5.91 Å². The zero-order valence-corrected chi connectivity index (χ0v) is 14.7. The highest BCUT2D eigenvalue weighted by atomic mass is 19.1. The first-order valence-corrected chi connectivity index (χ1v) is 8.78. The van der Waals surface area contributed by atoms with E-state index in [9.17, 15) is 14.0 Å². The van der Waals surface area contributed by atoms with E-state index in [2.05, 4.69) is 10.3 Å². The SMILES string of the molecule is CC(=O)N1CCC(CNC(=O)c2ccc(-c3ccc(F)cc3)nc2)CC1. The molecule has 0 atom stereocenters. The summed E-state index contributed by atoms with van der Waals surface area (Å²) in [5, 5.41) is 2.95. The Morgan fingerprint density at radius 3 is 2.42 bits per heavy atom. The van der Waals surface area contributed by atoms with E-state index in [0.29, 0.717) is 23.7 Å². The molecule has 0 aliphatic carbocycles. The number of hydrogen-bond acceptors (Lipinski definition) is 3. The number of nitrogens with one attached hydrogen (secondary N) is 1. The van der Waals surface area contributed by atoms with Crippen LogP contribution in [0.3, 0.4) is 0 Å². The fourth-order valence-electron chi connectivity index (χ4n) is 3.11. The molecular formula is C20H22FN3O2. The lowest BCUT2D eigenvalue weighted by Crippen LogP contribution is -2.40. The van der Waals surface area contributed by atoms with Gasteiger partial charge in [-0.25, -0.2) is 4.39 Å². The van der Waals surface area contributed by atoms with Gasteiger partial charge in [-0.1, -0.05) is 0 Å². The highest BCUT2D eigenvalue weighted by molar-refractivity contribution is 5.94. The summed E-state index contributed by atoms with van der Waals surface area (Å²) in [4.78, 5) is 29.8. The summed E-state index contributed by atoms with van der Waals surface area (Å²) in [7, 11) is 0. The van der Waals surface area contributed by atoms with Gasteiger partial charge in [-0.2, -0.15) is 0 Å². The Morgan fingerprint density at radius 2 is 1.85 bits per heavy atom. The predicted octanol–water partition coefficient (Wildman–Crippen LogP) is 2.88. The summed E-state index contributed by atoms with van der Waals surface area (Å²) in [5.41, 5.74) is 1.99. The molecule has 0 spiro atoms. The van der Waals surface area contributed by atoms with Crippen LogP contribution in [0.15, 0.2) is 42.6 Å². The Hall–Kier alpha value is -2.76. The number of benzene rings is 1. The predicted molar refractivity (Wildman–Crippen MR) is 96.9 cm³/mol. The fourth-order valence-corrected chi connectivity index (χ4v) is 3.11. The van der Waals surface area contributed by atoms with Crippen molar-refractivity contribution in [3.05, 3.63) is 54.0 Å². The summed E-state index contributed by atoms with van der Waals surface area (Å²) < 4.78 is 13.0. The molecular weight excluding hydrogens is 333 g/mol. The number of aromatic nitrogens is 1. The average Bonchev–Trinajstić information content (AvgIpc) is 2.67. The van der Waals surface area contributed by atoms with Crippen molar-refractivity contribution >= 4 is 11.8 Å². The Bertz CT molecular complexity index is 767. The summed E-state index contributed by atoms with van der Waals surface area (Å²) in [5.74, 6) is 0.0526. The van der Waals surface area contributed by atoms with Crippen molar-refractivity contribution < 1.29 is 14.0 Å². The molecule has 3 rings (SSSR count). The third kappa shape index (κ3) is 4.45. The van der Waals surface area contributed by atoms with Crippen LogP contribution in [0.25, 0.3) is 11.3 Å². The molecule has 2 aromatic rings. The number of hydrogen-bond donors (Lipinski definition) is 1. The van der Waals surface area contributed by atoms with Gasteiger partial charge in [0, 0.05) is 38.3 Å². The van der Waals surface area contributed by atoms with E-state index < -0.39 is 0 Å². The second-order valence-electron chi connectivity index (χ2n) is 6.60. The van der Waals surface area contributed by atoms with E-state index in [1.54, 1.807) is 31.2 Å². The normalized spacial score (nSPS) is 14.9. The minimum atomic E-state index is -0.293. The highest BCUT2D eigenvalue weighted by Gasteiger charge is 2.21. The van der Waals surface area contributed by atoms with Gasteiger partial charge in [0.1, 0.15) is 5.82 Å². The molecule has 1 aliphatic rings. The minimum absolute atomic E-state index is 0.111. The summed E-state index contributed by atoms with van der Waals surface area (Å²) in [6.07, 6.45) is 3.34. The number of piperidine rings is 1. The maximum atomic E-state index is 13.0. The first-order valence-electron chi connectivity index (χ1n) is 8.78. The van der Waals surface area contributed by atoms with Gasteiger partial charge < -0.3 is 10.2 Å². The molecule has 2 amide bonds. The van der Waals surface area contributed by atoms with Crippen LogP contribution in [0.2, 0.25) is 0 Å². The molecule has 1 N–H and O–H groups in total. The van der Waals surface area contributed by atoms with E-state index in [0.717, 1.165) is 31.5 Å². The summed E-state index contributed by atoms with van der Waals surface area (Å²) in [6, 6.07) is 9.56. The lowest BCUT2D eigenvalue weighted by atomic mass is 9.96. The van der Waals surface area contributed by atoms with Crippen LogP contribution in [-0.4, -0.2) is 41.3 Å². The zero-order chi connectivity index (χ0) is 18.5. The number of nitrogens with zero attached hydrogens (tertiary/aromatic N) is 2. The Kier molecular flexibility index (Phi) is 5.61.